The lowest BCUT2D eigenvalue weighted by Gasteiger charge is -2.19. The molecule has 0 aliphatic heterocycles. The highest BCUT2D eigenvalue weighted by molar-refractivity contribution is 6.08. The summed E-state index contributed by atoms with van der Waals surface area (Å²) in [5, 5.41) is 3.58. The van der Waals surface area contributed by atoms with Gasteiger partial charge in [-0.25, -0.2) is 4.98 Å². The number of aryl methyl sites for hydroxylation is 1. The topological polar surface area (TPSA) is 71.5 Å². The van der Waals surface area contributed by atoms with Crippen LogP contribution < -0.4 is 10.1 Å². The van der Waals surface area contributed by atoms with Crippen LogP contribution in [0.2, 0.25) is 0 Å². The Balaban J connectivity index is 1.62. The first-order valence-corrected chi connectivity index (χ1v) is 10.6. The Kier molecular flexibility index (Phi) is 6.36. The molecule has 4 aromatic rings. The van der Waals surface area contributed by atoms with E-state index in [4.69, 9.17) is 9.72 Å². The summed E-state index contributed by atoms with van der Waals surface area (Å²) in [6.45, 7) is 1.89. The first kappa shape index (κ1) is 22.0. The minimum absolute atomic E-state index is 0.0909. The van der Waals surface area contributed by atoms with Gasteiger partial charge in [0.2, 0.25) is 5.91 Å². The fraction of sp³-hybridized carbons (Fsp3) is 0.148. The minimum Gasteiger partial charge on any atom is -0.497 e. The number of hydrogen-bond donors (Lipinski definition) is 1. The van der Waals surface area contributed by atoms with Crippen molar-refractivity contribution in [2.45, 2.75) is 6.92 Å². The van der Waals surface area contributed by atoms with Gasteiger partial charge in [0.05, 0.1) is 30.4 Å². The quantitative estimate of drug-likeness (QED) is 0.462. The second-order valence-electron chi connectivity index (χ2n) is 7.88. The van der Waals surface area contributed by atoms with E-state index in [1.54, 1.807) is 44.5 Å². The van der Waals surface area contributed by atoms with Gasteiger partial charge >= 0.3 is 0 Å². The van der Waals surface area contributed by atoms with Crippen LogP contribution in [-0.2, 0) is 4.79 Å². The summed E-state index contributed by atoms with van der Waals surface area (Å²) >= 11 is 0. The van der Waals surface area contributed by atoms with E-state index in [0.29, 0.717) is 22.7 Å². The Labute approximate surface area is 192 Å². The van der Waals surface area contributed by atoms with Crippen LogP contribution in [0.15, 0.2) is 78.9 Å². The zero-order valence-electron chi connectivity index (χ0n) is 18.8. The molecule has 0 saturated carbocycles. The molecule has 0 spiro atoms. The molecule has 0 aliphatic rings. The number of pyridine rings is 1. The lowest BCUT2D eigenvalue weighted by molar-refractivity contribution is -0.116. The van der Waals surface area contributed by atoms with Crippen LogP contribution in [0.4, 0.5) is 5.69 Å². The maximum absolute atomic E-state index is 13.4. The van der Waals surface area contributed by atoms with Crippen LogP contribution in [0.5, 0.6) is 5.75 Å². The van der Waals surface area contributed by atoms with Gasteiger partial charge < -0.3 is 15.0 Å². The number of aromatic nitrogens is 1. The molecule has 0 saturated heterocycles. The normalized spacial score (nSPS) is 10.6. The molecule has 1 heterocycles. The van der Waals surface area contributed by atoms with Gasteiger partial charge in [0, 0.05) is 29.8 Å². The van der Waals surface area contributed by atoms with E-state index in [0.717, 1.165) is 22.0 Å². The van der Waals surface area contributed by atoms with Gasteiger partial charge in [0.1, 0.15) is 5.75 Å². The summed E-state index contributed by atoms with van der Waals surface area (Å²) in [6, 6.07) is 24.5. The first-order chi connectivity index (χ1) is 15.9. The Morgan fingerprint density at radius 3 is 2.52 bits per heavy atom. The van der Waals surface area contributed by atoms with Crippen molar-refractivity contribution < 1.29 is 14.3 Å². The fourth-order valence-corrected chi connectivity index (χ4v) is 3.67. The van der Waals surface area contributed by atoms with Crippen molar-refractivity contribution in [3.05, 3.63) is 90.0 Å². The van der Waals surface area contributed by atoms with Crippen molar-refractivity contribution in [1.29, 1.82) is 0 Å². The third-order valence-electron chi connectivity index (χ3n) is 5.35. The van der Waals surface area contributed by atoms with Gasteiger partial charge in [-0.3, -0.25) is 9.59 Å². The number of nitrogens with one attached hydrogen (secondary N) is 1. The molecule has 6 nitrogen and oxygen atoms in total. The summed E-state index contributed by atoms with van der Waals surface area (Å²) in [5.41, 5.74) is 4.52. The Hall–Kier alpha value is -4.19. The molecule has 166 valence electrons. The van der Waals surface area contributed by atoms with Crippen molar-refractivity contribution in [1.82, 2.24) is 9.88 Å². The van der Waals surface area contributed by atoms with Crippen molar-refractivity contribution in [2.75, 3.05) is 26.0 Å². The third kappa shape index (κ3) is 5.01. The Morgan fingerprint density at radius 1 is 0.970 bits per heavy atom. The van der Waals surface area contributed by atoms with E-state index >= 15 is 0 Å². The molecule has 4 rings (SSSR count). The van der Waals surface area contributed by atoms with E-state index in [2.05, 4.69) is 5.32 Å². The maximum atomic E-state index is 13.4. The van der Waals surface area contributed by atoms with Crippen molar-refractivity contribution >= 4 is 28.4 Å². The molecule has 0 unspecified atom stereocenters. The summed E-state index contributed by atoms with van der Waals surface area (Å²) in [7, 11) is 3.19. The number of carbonyl (C=O) groups is 2. The number of amides is 2. The predicted octanol–water partition coefficient (Wildman–Crippen LogP) is 4.93. The van der Waals surface area contributed by atoms with Gasteiger partial charge in [-0.2, -0.15) is 0 Å². The zero-order chi connectivity index (χ0) is 23.4. The number of hydrogen-bond acceptors (Lipinski definition) is 4. The van der Waals surface area contributed by atoms with Gasteiger partial charge in [-0.1, -0.05) is 48.0 Å². The minimum atomic E-state index is -0.295. The first-order valence-electron chi connectivity index (χ1n) is 10.6. The van der Waals surface area contributed by atoms with Crippen molar-refractivity contribution in [3.63, 3.8) is 0 Å². The average molecular weight is 440 g/mol. The number of carbonyl (C=O) groups excluding carboxylic acids is 2. The zero-order valence-corrected chi connectivity index (χ0v) is 18.8. The number of anilines is 1. The number of fused-ring (bicyclic) bond motifs is 1. The number of nitrogens with zero attached hydrogens (tertiary/aromatic N) is 2. The second kappa shape index (κ2) is 9.53. The van der Waals surface area contributed by atoms with Crippen molar-refractivity contribution in [2.24, 2.45) is 0 Å². The molecule has 1 aromatic heterocycles. The molecule has 0 aliphatic carbocycles. The third-order valence-corrected chi connectivity index (χ3v) is 5.35. The van der Waals surface area contributed by atoms with E-state index in [1.165, 1.54) is 4.90 Å². The standard InChI is InChI=1S/C27H25N3O3/c1-18-12-13-24-22(14-18)23(16-25(29-24)19-8-5-4-6-9-19)27(32)30(2)17-26(31)28-20-10-7-11-21(15-20)33-3/h4-16H,17H2,1-3H3,(H,28,31). The molecule has 33 heavy (non-hydrogen) atoms. The van der Waals surface area contributed by atoms with Crippen LogP contribution in [0.25, 0.3) is 22.2 Å². The largest absolute Gasteiger partial charge is 0.497 e. The van der Waals surface area contributed by atoms with Crippen molar-refractivity contribution in [3.8, 4) is 17.0 Å². The summed E-state index contributed by atoms with van der Waals surface area (Å²) < 4.78 is 5.19. The van der Waals surface area contributed by atoms with E-state index in [1.807, 2.05) is 55.5 Å². The van der Waals surface area contributed by atoms with Gasteiger partial charge in [0.25, 0.3) is 5.91 Å². The van der Waals surface area contributed by atoms with Gasteiger partial charge in [-0.15, -0.1) is 0 Å². The van der Waals surface area contributed by atoms with Crippen LogP contribution in [-0.4, -0.2) is 42.4 Å². The second-order valence-corrected chi connectivity index (χ2v) is 7.88. The molecule has 0 bridgehead atoms. The van der Waals surface area contributed by atoms with Crippen LogP contribution in [0.1, 0.15) is 15.9 Å². The summed E-state index contributed by atoms with van der Waals surface area (Å²) in [6.07, 6.45) is 0. The van der Waals surface area contributed by atoms with Crippen LogP contribution in [0, 0.1) is 6.92 Å². The summed E-state index contributed by atoms with van der Waals surface area (Å²) in [5.74, 6) is 0.104. The van der Waals surface area contributed by atoms with E-state index < -0.39 is 0 Å². The molecule has 3 aromatic carbocycles. The SMILES string of the molecule is COc1cccc(NC(=O)CN(C)C(=O)c2cc(-c3ccccc3)nc3ccc(C)cc23)c1. The molecule has 0 atom stereocenters. The van der Waals surface area contributed by atoms with E-state index in [-0.39, 0.29) is 18.4 Å². The highest BCUT2D eigenvalue weighted by atomic mass is 16.5. The number of ether oxygens (including phenoxy) is 1. The number of rotatable bonds is 6. The molecular weight excluding hydrogens is 414 g/mol. The fourth-order valence-electron chi connectivity index (χ4n) is 3.67. The smallest absolute Gasteiger partial charge is 0.254 e. The molecule has 2 amide bonds. The van der Waals surface area contributed by atoms with Crippen LogP contribution >= 0.6 is 0 Å². The highest BCUT2D eigenvalue weighted by Gasteiger charge is 2.20. The lowest BCUT2D eigenvalue weighted by Crippen LogP contribution is -2.35. The highest BCUT2D eigenvalue weighted by Crippen LogP contribution is 2.26. The van der Waals surface area contributed by atoms with E-state index in [9.17, 15) is 9.59 Å². The molecule has 0 fully saturated rings. The molecule has 6 heteroatoms. The maximum Gasteiger partial charge on any atom is 0.254 e. The molecule has 1 N–H and O–H groups in total. The number of methoxy groups -OCH3 is 1. The lowest BCUT2D eigenvalue weighted by atomic mass is 10.0. The molecule has 0 radical (unpaired) electrons. The Bertz CT molecular complexity index is 1320. The monoisotopic (exact) mass is 439 g/mol. The predicted molar refractivity (Wildman–Crippen MR) is 131 cm³/mol. The summed E-state index contributed by atoms with van der Waals surface area (Å²) in [4.78, 5) is 32.2. The van der Waals surface area contributed by atoms with Gasteiger partial charge in [-0.05, 0) is 37.3 Å². The van der Waals surface area contributed by atoms with Gasteiger partial charge in [0.15, 0.2) is 0 Å². The Morgan fingerprint density at radius 2 is 1.76 bits per heavy atom. The average Bonchev–Trinajstić information content (AvgIpc) is 2.83. The number of benzene rings is 3. The number of likely N-dealkylation sites (N-methyl/N-ethyl adjacent to an activating group) is 1. The van der Waals surface area contributed by atoms with Crippen LogP contribution in [0.3, 0.4) is 0 Å². The molecular formula is C27H25N3O3.